The molecule has 0 spiro atoms. The molecule has 0 saturated carbocycles. The number of amides is 1. The molecule has 1 aliphatic heterocycles. The molecule has 2 rings (SSSR count). The summed E-state index contributed by atoms with van der Waals surface area (Å²) in [6, 6.07) is 5.53. The average Bonchev–Trinajstić information content (AvgIpc) is 2.83. The van der Waals surface area contributed by atoms with E-state index in [9.17, 15) is 9.90 Å². The van der Waals surface area contributed by atoms with Crippen LogP contribution in [0.25, 0.3) is 0 Å². The van der Waals surface area contributed by atoms with Crippen LogP contribution in [0.5, 0.6) is 0 Å². The van der Waals surface area contributed by atoms with Gasteiger partial charge in [-0.3, -0.25) is 9.78 Å². The highest BCUT2D eigenvalue weighted by Gasteiger charge is 2.29. The molecule has 5 nitrogen and oxygen atoms in total. The van der Waals surface area contributed by atoms with Crippen LogP contribution in [0, 0.1) is 0 Å². The van der Waals surface area contributed by atoms with Gasteiger partial charge < -0.3 is 15.3 Å². The van der Waals surface area contributed by atoms with Gasteiger partial charge in [-0.1, -0.05) is 6.07 Å². The molecule has 2 N–H and O–H groups in total. The van der Waals surface area contributed by atoms with E-state index < -0.39 is 6.10 Å². The van der Waals surface area contributed by atoms with Crippen molar-refractivity contribution >= 4 is 5.91 Å². The first-order valence-electron chi connectivity index (χ1n) is 6.23. The predicted octanol–water partition coefficient (Wildman–Crippen LogP) is -0.195. The minimum atomic E-state index is -0.400. The van der Waals surface area contributed by atoms with Crippen LogP contribution in [0.2, 0.25) is 0 Å². The number of likely N-dealkylation sites (N-methyl/N-ethyl adjacent to an activating group) is 1. The number of hydrogen-bond acceptors (Lipinski definition) is 4. The van der Waals surface area contributed by atoms with Crippen LogP contribution in [0.15, 0.2) is 24.4 Å². The van der Waals surface area contributed by atoms with Gasteiger partial charge in [-0.15, -0.1) is 0 Å². The van der Waals surface area contributed by atoms with E-state index in [0.717, 1.165) is 12.1 Å². The van der Waals surface area contributed by atoms with Crippen LogP contribution in [-0.2, 0) is 11.2 Å². The highest BCUT2D eigenvalue weighted by atomic mass is 16.3. The summed E-state index contributed by atoms with van der Waals surface area (Å²) in [5.41, 5.74) is 0.983. The van der Waals surface area contributed by atoms with Gasteiger partial charge in [-0.2, -0.15) is 0 Å². The molecule has 1 aliphatic rings. The van der Waals surface area contributed by atoms with E-state index >= 15 is 0 Å². The first-order chi connectivity index (χ1) is 8.66. The lowest BCUT2D eigenvalue weighted by Crippen LogP contribution is -2.42. The Morgan fingerprint density at radius 2 is 2.44 bits per heavy atom. The Morgan fingerprint density at radius 3 is 3.06 bits per heavy atom. The molecular weight excluding hydrogens is 230 g/mol. The van der Waals surface area contributed by atoms with Crippen molar-refractivity contribution in [3.63, 3.8) is 0 Å². The topological polar surface area (TPSA) is 65.5 Å². The van der Waals surface area contributed by atoms with Crippen molar-refractivity contribution in [1.82, 2.24) is 15.2 Å². The van der Waals surface area contributed by atoms with Crippen molar-refractivity contribution in [3.05, 3.63) is 30.1 Å². The van der Waals surface area contributed by atoms with Crippen molar-refractivity contribution in [2.24, 2.45) is 0 Å². The molecule has 1 fully saturated rings. The summed E-state index contributed by atoms with van der Waals surface area (Å²) in [5.74, 6) is 0.0440. The number of hydrogen-bond donors (Lipinski definition) is 2. The second kappa shape index (κ2) is 5.93. The van der Waals surface area contributed by atoms with E-state index in [1.807, 2.05) is 18.2 Å². The van der Waals surface area contributed by atoms with Gasteiger partial charge in [0.15, 0.2) is 0 Å². The van der Waals surface area contributed by atoms with Gasteiger partial charge in [0.25, 0.3) is 0 Å². The molecule has 18 heavy (non-hydrogen) atoms. The fourth-order valence-corrected chi connectivity index (χ4v) is 2.11. The van der Waals surface area contributed by atoms with Crippen LogP contribution in [0.3, 0.4) is 0 Å². The summed E-state index contributed by atoms with van der Waals surface area (Å²) in [6.07, 6.45) is 2.61. The first-order valence-corrected chi connectivity index (χ1v) is 6.23. The number of β-amino-alcohol motifs (C(OH)–C–C–N with tert-alkyl or cyclic N) is 1. The normalized spacial score (nSPS) is 23.0. The van der Waals surface area contributed by atoms with Gasteiger partial charge in [-0.05, 0) is 18.6 Å². The number of rotatable bonds is 4. The van der Waals surface area contributed by atoms with Crippen LogP contribution >= 0.6 is 0 Å². The van der Waals surface area contributed by atoms with Crippen LogP contribution in [0.4, 0.5) is 0 Å². The van der Waals surface area contributed by atoms with E-state index in [4.69, 9.17) is 0 Å². The molecule has 2 unspecified atom stereocenters. The fourth-order valence-electron chi connectivity index (χ4n) is 2.11. The Morgan fingerprint density at radius 1 is 1.61 bits per heavy atom. The Bertz CT molecular complexity index is 396. The summed E-state index contributed by atoms with van der Waals surface area (Å²) in [5, 5.41) is 12.4. The van der Waals surface area contributed by atoms with E-state index in [1.165, 1.54) is 0 Å². The molecule has 0 bridgehead atoms. The summed E-state index contributed by atoms with van der Waals surface area (Å²) in [6.45, 7) is 1.15. The summed E-state index contributed by atoms with van der Waals surface area (Å²) < 4.78 is 0. The third kappa shape index (κ3) is 3.27. The van der Waals surface area contributed by atoms with Gasteiger partial charge in [0, 0.05) is 38.4 Å². The summed E-state index contributed by atoms with van der Waals surface area (Å²) >= 11 is 0. The number of nitrogens with zero attached hydrogens (tertiary/aromatic N) is 2. The molecule has 0 radical (unpaired) electrons. The highest BCUT2D eigenvalue weighted by Crippen LogP contribution is 2.09. The van der Waals surface area contributed by atoms with Crippen LogP contribution in [-0.4, -0.2) is 53.2 Å². The number of nitrogens with one attached hydrogen (secondary N) is 1. The monoisotopic (exact) mass is 249 g/mol. The number of carbonyl (C=O) groups excluding carboxylic acids is 1. The largest absolute Gasteiger partial charge is 0.392 e. The van der Waals surface area contributed by atoms with Crippen molar-refractivity contribution < 1.29 is 9.90 Å². The number of aliphatic hydroxyl groups is 1. The lowest BCUT2D eigenvalue weighted by Gasteiger charge is -2.20. The quantitative estimate of drug-likeness (QED) is 0.776. The zero-order valence-corrected chi connectivity index (χ0v) is 10.5. The van der Waals surface area contributed by atoms with E-state index in [1.54, 1.807) is 18.1 Å². The highest BCUT2D eigenvalue weighted by molar-refractivity contribution is 5.82. The maximum Gasteiger partial charge on any atom is 0.239 e. The summed E-state index contributed by atoms with van der Waals surface area (Å²) in [7, 11) is 1.79. The van der Waals surface area contributed by atoms with Crippen molar-refractivity contribution in [2.75, 3.05) is 20.1 Å². The number of aliphatic hydroxyl groups excluding tert-OH is 1. The smallest absolute Gasteiger partial charge is 0.239 e. The number of carbonyl (C=O) groups is 1. The van der Waals surface area contributed by atoms with E-state index in [0.29, 0.717) is 19.5 Å². The Hall–Kier alpha value is -1.46. The Balaban J connectivity index is 1.81. The van der Waals surface area contributed by atoms with Crippen LogP contribution in [0.1, 0.15) is 12.1 Å². The molecular formula is C13H19N3O2. The minimum Gasteiger partial charge on any atom is -0.392 e. The van der Waals surface area contributed by atoms with E-state index in [-0.39, 0.29) is 11.9 Å². The van der Waals surface area contributed by atoms with Crippen LogP contribution < -0.4 is 5.32 Å². The zero-order chi connectivity index (χ0) is 13.0. The van der Waals surface area contributed by atoms with Crippen molar-refractivity contribution in [2.45, 2.75) is 25.0 Å². The van der Waals surface area contributed by atoms with Gasteiger partial charge >= 0.3 is 0 Å². The van der Waals surface area contributed by atoms with Gasteiger partial charge in [0.1, 0.15) is 0 Å². The molecule has 0 aromatic carbocycles. The second-order valence-electron chi connectivity index (χ2n) is 4.68. The Kier molecular flexibility index (Phi) is 4.28. The molecule has 5 heteroatoms. The molecule has 1 aromatic rings. The maximum atomic E-state index is 12.0. The first kappa shape index (κ1) is 13.0. The van der Waals surface area contributed by atoms with Crippen molar-refractivity contribution in [1.29, 1.82) is 0 Å². The maximum absolute atomic E-state index is 12.0. The Labute approximate surface area is 107 Å². The molecule has 1 amide bonds. The SMILES string of the molecule is CN(CCc1ccccn1)C(=O)C1CC(O)CN1. The van der Waals surface area contributed by atoms with Crippen molar-refractivity contribution in [3.8, 4) is 0 Å². The van der Waals surface area contributed by atoms with E-state index in [2.05, 4.69) is 10.3 Å². The van der Waals surface area contributed by atoms with Gasteiger partial charge in [-0.25, -0.2) is 0 Å². The third-order valence-electron chi connectivity index (χ3n) is 3.21. The standard InChI is InChI=1S/C13H19N3O2/c1-16(7-5-10-4-2-3-6-14-10)13(18)12-8-11(17)9-15-12/h2-4,6,11-12,15,17H,5,7-9H2,1H3. The lowest BCUT2D eigenvalue weighted by molar-refractivity contribution is -0.131. The number of pyridine rings is 1. The molecule has 1 aromatic heterocycles. The second-order valence-corrected chi connectivity index (χ2v) is 4.68. The average molecular weight is 249 g/mol. The molecule has 2 atom stereocenters. The predicted molar refractivity (Wildman–Crippen MR) is 68.0 cm³/mol. The molecule has 1 saturated heterocycles. The lowest BCUT2D eigenvalue weighted by atomic mass is 10.1. The van der Waals surface area contributed by atoms with Gasteiger partial charge in [0.2, 0.25) is 5.91 Å². The molecule has 98 valence electrons. The zero-order valence-electron chi connectivity index (χ0n) is 10.5. The number of aromatic nitrogens is 1. The summed E-state index contributed by atoms with van der Waals surface area (Å²) in [4.78, 5) is 18.0. The third-order valence-corrected chi connectivity index (χ3v) is 3.21. The fraction of sp³-hybridized carbons (Fsp3) is 0.538. The molecule has 2 heterocycles. The minimum absolute atomic E-state index is 0.0440. The van der Waals surface area contributed by atoms with Gasteiger partial charge in [0.05, 0.1) is 12.1 Å². The molecule has 0 aliphatic carbocycles.